The maximum absolute atomic E-state index is 10.1. The highest BCUT2D eigenvalue weighted by Gasteiger charge is 2.42. The van der Waals surface area contributed by atoms with Crippen LogP contribution < -0.4 is 23.7 Å². The molecule has 2 aromatic rings. The molecule has 118 valence electrons. The maximum Gasteiger partial charge on any atom is 0.231 e. The van der Waals surface area contributed by atoms with E-state index in [1.807, 2.05) is 12.1 Å². The number of phenols is 1. The first-order valence-electron chi connectivity index (χ1n) is 7.42. The Morgan fingerprint density at radius 3 is 2.87 bits per heavy atom. The van der Waals surface area contributed by atoms with Crippen LogP contribution in [0.2, 0.25) is 0 Å². The van der Waals surface area contributed by atoms with Crippen molar-refractivity contribution in [2.24, 2.45) is 0 Å². The SMILES string of the molecule is COc1c2c(cc3c1[C@@H]1C[C@H](O3)c3cccc(O)c3O1)OCO2. The summed E-state index contributed by atoms with van der Waals surface area (Å²) in [6, 6.07) is 7.12. The molecule has 0 radical (unpaired) electrons. The van der Waals surface area contributed by atoms with Gasteiger partial charge in [0.05, 0.1) is 12.7 Å². The van der Waals surface area contributed by atoms with Crippen LogP contribution in [0.1, 0.15) is 29.8 Å². The van der Waals surface area contributed by atoms with E-state index in [0.717, 1.165) is 11.1 Å². The summed E-state index contributed by atoms with van der Waals surface area (Å²) in [6.45, 7) is 0.157. The van der Waals surface area contributed by atoms with Crippen LogP contribution in [0.15, 0.2) is 24.3 Å². The third-order valence-electron chi connectivity index (χ3n) is 4.48. The Morgan fingerprint density at radius 2 is 2.00 bits per heavy atom. The molecule has 1 N–H and O–H groups in total. The average molecular weight is 314 g/mol. The molecular weight excluding hydrogens is 300 g/mol. The lowest BCUT2D eigenvalue weighted by Crippen LogP contribution is -2.28. The summed E-state index contributed by atoms with van der Waals surface area (Å²) in [4.78, 5) is 0. The molecule has 0 fully saturated rings. The molecule has 23 heavy (non-hydrogen) atoms. The van der Waals surface area contributed by atoms with Crippen LogP contribution in [0.25, 0.3) is 0 Å². The number of fused-ring (bicyclic) bond motifs is 7. The lowest BCUT2D eigenvalue weighted by molar-refractivity contribution is 0.0486. The Kier molecular flexibility index (Phi) is 2.43. The van der Waals surface area contributed by atoms with E-state index < -0.39 is 0 Å². The fourth-order valence-electron chi connectivity index (χ4n) is 3.49. The van der Waals surface area contributed by atoms with Crippen molar-refractivity contribution < 1.29 is 28.8 Å². The molecule has 0 aliphatic carbocycles. The third-order valence-corrected chi connectivity index (χ3v) is 4.48. The van der Waals surface area contributed by atoms with Crippen LogP contribution in [-0.2, 0) is 0 Å². The summed E-state index contributed by atoms with van der Waals surface area (Å²) in [6.07, 6.45) is 0.210. The number of hydrogen-bond donors (Lipinski definition) is 1. The third kappa shape index (κ3) is 1.63. The highest BCUT2D eigenvalue weighted by atomic mass is 16.7. The van der Waals surface area contributed by atoms with Crippen molar-refractivity contribution in [1.82, 2.24) is 0 Å². The van der Waals surface area contributed by atoms with Crippen LogP contribution in [0.4, 0.5) is 0 Å². The van der Waals surface area contributed by atoms with Crippen molar-refractivity contribution in [2.45, 2.75) is 18.6 Å². The molecule has 0 amide bonds. The van der Waals surface area contributed by atoms with Gasteiger partial charge < -0.3 is 28.8 Å². The number of methoxy groups -OCH3 is 1. The Balaban J connectivity index is 1.70. The molecule has 3 aliphatic heterocycles. The molecule has 0 aromatic heterocycles. The van der Waals surface area contributed by atoms with E-state index in [4.69, 9.17) is 23.7 Å². The van der Waals surface area contributed by atoms with Crippen molar-refractivity contribution in [3.63, 3.8) is 0 Å². The topological polar surface area (TPSA) is 66.4 Å². The zero-order valence-electron chi connectivity index (χ0n) is 12.4. The van der Waals surface area contributed by atoms with Crippen molar-refractivity contribution in [3.05, 3.63) is 35.4 Å². The second kappa shape index (κ2) is 4.38. The van der Waals surface area contributed by atoms with E-state index >= 15 is 0 Å². The van der Waals surface area contributed by atoms with E-state index in [0.29, 0.717) is 35.2 Å². The minimum Gasteiger partial charge on any atom is -0.504 e. The van der Waals surface area contributed by atoms with E-state index in [9.17, 15) is 5.11 Å². The van der Waals surface area contributed by atoms with Gasteiger partial charge in [-0.25, -0.2) is 0 Å². The Morgan fingerprint density at radius 1 is 1.09 bits per heavy atom. The van der Waals surface area contributed by atoms with Gasteiger partial charge in [-0.05, 0) is 6.07 Å². The molecule has 2 atom stereocenters. The van der Waals surface area contributed by atoms with E-state index in [-0.39, 0.29) is 24.8 Å². The van der Waals surface area contributed by atoms with E-state index in [2.05, 4.69) is 0 Å². The molecule has 0 saturated carbocycles. The summed E-state index contributed by atoms with van der Waals surface area (Å²) in [5, 5.41) is 10.1. The molecule has 3 aliphatic rings. The van der Waals surface area contributed by atoms with Gasteiger partial charge in [0.25, 0.3) is 0 Å². The predicted octanol–water partition coefficient (Wildman–Crippen LogP) is 3.09. The standard InChI is InChI=1S/C17H14O6/c1-19-17-14-11(6-13-16(17)21-7-20-13)22-10-5-12(14)23-15-8(10)3-2-4-9(15)18/h2-4,6,10,12,18H,5,7H2,1H3/t10-,12-/m0/s1. The van der Waals surface area contributed by atoms with Crippen LogP contribution in [0.5, 0.6) is 34.5 Å². The van der Waals surface area contributed by atoms with E-state index in [1.165, 1.54) is 0 Å². The van der Waals surface area contributed by atoms with Gasteiger partial charge in [0.15, 0.2) is 23.0 Å². The molecule has 6 heteroatoms. The number of benzene rings is 2. The summed E-state index contributed by atoms with van der Waals surface area (Å²) >= 11 is 0. The van der Waals surface area contributed by atoms with Crippen LogP contribution in [0, 0.1) is 0 Å². The molecule has 2 aromatic carbocycles. The molecule has 3 heterocycles. The van der Waals surface area contributed by atoms with Crippen LogP contribution in [-0.4, -0.2) is 19.0 Å². The first kappa shape index (κ1) is 12.8. The number of para-hydroxylation sites is 1. The Hall–Kier alpha value is -2.76. The second-order valence-electron chi connectivity index (χ2n) is 5.70. The first-order valence-corrected chi connectivity index (χ1v) is 7.42. The van der Waals surface area contributed by atoms with Crippen LogP contribution >= 0.6 is 0 Å². The minimum atomic E-state index is -0.269. The lowest BCUT2D eigenvalue weighted by Gasteiger charge is -2.38. The maximum atomic E-state index is 10.1. The Labute approximate surface area is 132 Å². The summed E-state index contributed by atoms with van der Waals surface area (Å²) < 4.78 is 28.7. The van der Waals surface area contributed by atoms with Crippen LogP contribution in [0.3, 0.4) is 0 Å². The van der Waals surface area contributed by atoms with Gasteiger partial charge in [0, 0.05) is 18.1 Å². The second-order valence-corrected chi connectivity index (χ2v) is 5.70. The predicted molar refractivity (Wildman–Crippen MR) is 78.6 cm³/mol. The lowest BCUT2D eigenvalue weighted by atomic mass is 9.90. The van der Waals surface area contributed by atoms with Crippen molar-refractivity contribution in [2.75, 3.05) is 13.9 Å². The highest BCUT2D eigenvalue weighted by Crippen LogP contribution is 2.58. The van der Waals surface area contributed by atoms with Crippen molar-refractivity contribution in [1.29, 1.82) is 0 Å². The fourth-order valence-corrected chi connectivity index (χ4v) is 3.49. The first-order chi connectivity index (χ1) is 11.3. The zero-order valence-corrected chi connectivity index (χ0v) is 12.4. The fraction of sp³-hybridized carbons (Fsp3) is 0.294. The molecule has 0 saturated heterocycles. The largest absolute Gasteiger partial charge is 0.504 e. The van der Waals surface area contributed by atoms with Gasteiger partial charge in [-0.3, -0.25) is 0 Å². The monoisotopic (exact) mass is 314 g/mol. The Bertz CT molecular complexity index is 815. The number of rotatable bonds is 1. The molecule has 5 rings (SSSR count). The summed E-state index contributed by atoms with van der Waals surface area (Å²) in [7, 11) is 1.58. The van der Waals surface area contributed by atoms with Gasteiger partial charge >= 0.3 is 0 Å². The van der Waals surface area contributed by atoms with Gasteiger partial charge in [-0.15, -0.1) is 0 Å². The normalized spacial score (nSPS) is 22.5. The molecule has 2 bridgehead atoms. The number of ether oxygens (including phenoxy) is 5. The number of hydrogen-bond acceptors (Lipinski definition) is 6. The number of phenolic OH excluding ortho intramolecular Hbond substituents is 1. The van der Waals surface area contributed by atoms with E-state index in [1.54, 1.807) is 19.2 Å². The minimum absolute atomic E-state index is 0.115. The van der Waals surface area contributed by atoms with Gasteiger partial charge in [-0.2, -0.15) is 0 Å². The van der Waals surface area contributed by atoms with Gasteiger partial charge in [0.2, 0.25) is 12.5 Å². The molecule has 0 spiro atoms. The molecular formula is C17H14O6. The van der Waals surface area contributed by atoms with Crippen molar-refractivity contribution in [3.8, 4) is 34.5 Å². The van der Waals surface area contributed by atoms with Gasteiger partial charge in [-0.1, -0.05) is 12.1 Å². The van der Waals surface area contributed by atoms with Gasteiger partial charge in [0.1, 0.15) is 18.0 Å². The highest BCUT2D eigenvalue weighted by molar-refractivity contribution is 5.65. The number of aromatic hydroxyl groups is 1. The zero-order chi connectivity index (χ0) is 15.6. The summed E-state index contributed by atoms with van der Waals surface area (Å²) in [5.41, 5.74) is 1.64. The van der Waals surface area contributed by atoms with Crippen molar-refractivity contribution >= 4 is 0 Å². The smallest absolute Gasteiger partial charge is 0.231 e. The summed E-state index contributed by atoms with van der Waals surface area (Å²) in [5.74, 6) is 3.00. The molecule has 6 nitrogen and oxygen atoms in total. The quantitative estimate of drug-likeness (QED) is 0.872. The molecule has 0 unspecified atom stereocenters. The average Bonchev–Trinajstić information content (AvgIpc) is 3.02.